The molecule has 0 atom stereocenters. The van der Waals surface area contributed by atoms with Crippen molar-refractivity contribution in [3.8, 4) is 0 Å². The van der Waals surface area contributed by atoms with E-state index >= 15 is 0 Å². The summed E-state index contributed by atoms with van der Waals surface area (Å²) >= 11 is 0. The van der Waals surface area contributed by atoms with Crippen molar-refractivity contribution in [2.75, 3.05) is 0 Å². The summed E-state index contributed by atoms with van der Waals surface area (Å²) in [6.07, 6.45) is 2.47. The van der Waals surface area contributed by atoms with E-state index in [2.05, 4.69) is 5.32 Å². The minimum Gasteiger partial charge on any atom is -0.366 e. The molecule has 2 amide bonds. The minimum atomic E-state index is -0.693. The van der Waals surface area contributed by atoms with Gasteiger partial charge in [0.2, 0.25) is 11.8 Å². The first-order valence-electron chi connectivity index (χ1n) is 5.97. The summed E-state index contributed by atoms with van der Waals surface area (Å²) in [6.45, 7) is 0.360. The Morgan fingerprint density at radius 2 is 2.06 bits per heavy atom. The van der Waals surface area contributed by atoms with E-state index in [1.807, 2.05) is 6.07 Å². The fraction of sp³-hybridized carbons (Fsp3) is 0.385. The standard InChI is InChI=1S/C13H17N3O2/c14-11(17)10-4-1-3-9(7-10)8-16-12(18)13(15)5-2-6-13/h1,3-4,7H,2,5-6,8,15H2,(H2,14,17)(H,16,18). The van der Waals surface area contributed by atoms with Crippen LogP contribution in [0.2, 0.25) is 0 Å². The molecular formula is C13H17N3O2. The lowest BCUT2D eigenvalue weighted by molar-refractivity contribution is -0.129. The Hall–Kier alpha value is -1.88. The fourth-order valence-corrected chi connectivity index (χ4v) is 1.98. The quantitative estimate of drug-likeness (QED) is 0.712. The second-order valence-electron chi connectivity index (χ2n) is 4.76. The molecule has 18 heavy (non-hydrogen) atoms. The van der Waals surface area contributed by atoms with Gasteiger partial charge in [-0.25, -0.2) is 0 Å². The lowest BCUT2D eigenvalue weighted by Gasteiger charge is -2.36. The zero-order valence-corrected chi connectivity index (χ0v) is 10.1. The molecule has 1 saturated carbocycles. The molecule has 2 rings (SSSR count). The third kappa shape index (κ3) is 2.51. The van der Waals surface area contributed by atoms with Gasteiger partial charge in [-0.1, -0.05) is 12.1 Å². The number of hydrogen-bond donors (Lipinski definition) is 3. The lowest BCUT2D eigenvalue weighted by atomic mass is 9.77. The maximum absolute atomic E-state index is 11.8. The molecule has 0 heterocycles. The largest absolute Gasteiger partial charge is 0.366 e. The molecule has 0 saturated heterocycles. The molecule has 1 aliphatic carbocycles. The summed E-state index contributed by atoms with van der Waals surface area (Å²) < 4.78 is 0. The molecule has 5 N–H and O–H groups in total. The molecule has 1 aromatic carbocycles. The number of benzene rings is 1. The zero-order valence-electron chi connectivity index (χ0n) is 10.1. The van der Waals surface area contributed by atoms with Crippen LogP contribution in [-0.2, 0) is 11.3 Å². The van der Waals surface area contributed by atoms with Crippen LogP contribution in [0, 0.1) is 0 Å². The van der Waals surface area contributed by atoms with Crippen molar-refractivity contribution in [1.29, 1.82) is 0 Å². The number of nitrogens with two attached hydrogens (primary N) is 2. The van der Waals surface area contributed by atoms with Crippen molar-refractivity contribution in [2.24, 2.45) is 11.5 Å². The Morgan fingerprint density at radius 1 is 1.33 bits per heavy atom. The topological polar surface area (TPSA) is 98.2 Å². The smallest absolute Gasteiger partial charge is 0.248 e. The Labute approximate surface area is 106 Å². The number of carbonyl (C=O) groups excluding carboxylic acids is 2. The summed E-state index contributed by atoms with van der Waals surface area (Å²) in [6, 6.07) is 6.89. The highest BCUT2D eigenvalue weighted by atomic mass is 16.2. The van der Waals surface area contributed by atoms with E-state index in [1.54, 1.807) is 18.2 Å². The Kier molecular flexibility index (Phi) is 3.34. The van der Waals surface area contributed by atoms with Gasteiger partial charge in [-0.2, -0.15) is 0 Å². The fourth-order valence-electron chi connectivity index (χ4n) is 1.98. The van der Waals surface area contributed by atoms with Crippen LogP contribution >= 0.6 is 0 Å². The third-order valence-corrected chi connectivity index (χ3v) is 3.36. The highest BCUT2D eigenvalue weighted by Gasteiger charge is 2.39. The van der Waals surface area contributed by atoms with E-state index in [0.717, 1.165) is 24.8 Å². The van der Waals surface area contributed by atoms with E-state index < -0.39 is 11.4 Å². The van der Waals surface area contributed by atoms with Crippen LogP contribution in [0.4, 0.5) is 0 Å². The van der Waals surface area contributed by atoms with E-state index in [0.29, 0.717) is 12.1 Å². The Bertz CT molecular complexity index is 481. The van der Waals surface area contributed by atoms with Crippen LogP contribution < -0.4 is 16.8 Å². The second kappa shape index (κ2) is 4.78. The van der Waals surface area contributed by atoms with Crippen molar-refractivity contribution in [1.82, 2.24) is 5.32 Å². The average molecular weight is 247 g/mol. The van der Waals surface area contributed by atoms with Crippen molar-refractivity contribution < 1.29 is 9.59 Å². The molecule has 1 fully saturated rings. The van der Waals surface area contributed by atoms with Crippen molar-refractivity contribution >= 4 is 11.8 Å². The van der Waals surface area contributed by atoms with Gasteiger partial charge in [0.05, 0.1) is 5.54 Å². The number of carbonyl (C=O) groups is 2. The number of nitrogens with one attached hydrogen (secondary N) is 1. The van der Waals surface area contributed by atoms with Gasteiger partial charge in [-0.15, -0.1) is 0 Å². The van der Waals surface area contributed by atoms with Crippen LogP contribution in [-0.4, -0.2) is 17.4 Å². The zero-order chi connectivity index (χ0) is 13.2. The molecule has 5 heteroatoms. The maximum atomic E-state index is 11.8. The molecule has 1 aromatic rings. The van der Waals surface area contributed by atoms with Crippen LogP contribution in [0.15, 0.2) is 24.3 Å². The Balaban J connectivity index is 1.96. The monoisotopic (exact) mass is 247 g/mol. The maximum Gasteiger partial charge on any atom is 0.248 e. The van der Waals surface area contributed by atoms with Crippen LogP contribution in [0.1, 0.15) is 35.2 Å². The van der Waals surface area contributed by atoms with E-state index in [1.165, 1.54) is 0 Å². The summed E-state index contributed by atoms with van der Waals surface area (Å²) in [5.74, 6) is -0.601. The molecule has 0 bridgehead atoms. The Morgan fingerprint density at radius 3 is 2.61 bits per heavy atom. The number of amides is 2. The first-order valence-corrected chi connectivity index (χ1v) is 5.97. The van der Waals surface area contributed by atoms with Gasteiger partial charge in [0.25, 0.3) is 0 Å². The van der Waals surface area contributed by atoms with Gasteiger partial charge in [0.1, 0.15) is 0 Å². The number of primary amides is 1. The van der Waals surface area contributed by atoms with E-state index in [4.69, 9.17) is 11.5 Å². The molecular weight excluding hydrogens is 230 g/mol. The van der Waals surface area contributed by atoms with Crippen LogP contribution in [0.5, 0.6) is 0 Å². The van der Waals surface area contributed by atoms with Crippen LogP contribution in [0.25, 0.3) is 0 Å². The summed E-state index contributed by atoms with van der Waals surface area (Å²) in [5.41, 5.74) is 11.7. The van der Waals surface area contributed by atoms with Gasteiger partial charge in [-0.3, -0.25) is 9.59 Å². The number of rotatable bonds is 4. The van der Waals surface area contributed by atoms with E-state index in [9.17, 15) is 9.59 Å². The third-order valence-electron chi connectivity index (χ3n) is 3.36. The first kappa shape index (κ1) is 12.6. The number of hydrogen-bond acceptors (Lipinski definition) is 3. The average Bonchev–Trinajstić information content (AvgIpc) is 2.33. The molecule has 5 nitrogen and oxygen atoms in total. The molecule has 0 spiro atoms. The highest BCUT2D eigenvalue weighted by Crippen LogP contribution is 2.29. The molecule has 0 radical (unpaired) electrons. The van der Waals surface area contributed by atoms with Gasteiger partial charge >= 0.3 is 0 Å². The SMILES string of the molecule is NC(=O)c1cccc(CNC(=O)C2(N)CCC2)c1. The van der Waals surface area contributed by atoms with Gasteiger partial charge < -0.3 is 16.8 Å². The lowest BCUT2D eigenvalue weighted by Crippen LogP contribution is -2.58. The molecule has 0 aliphatic heterocycles. The molecule has 0 aromatic heterocycles. The molecule has 1 aliphatic rings. The van der Waals surface area contributed by atoms with Gasteiger partial charge in [0.15, 0.2) is 0 Å². The summed E-state index contributed by atoms with van der Waals surface area (Å²) in [5, 5.41) is 2.79. The first-order chi connectivity index (χ1) is 8.51. The van der Waals surface area contributed by atoms with Crippen molar-refractivity contribution in [3.05, 3.63) is 35.4 Å². The highest BCUT2D eigenvalue weighted by molar-refractivity contribution is 5.93. The summed E-state index contributed by atoms with van der Waals surface area (Å²) in [4.78, 5) is 22.8. The van der Waals surface area contributed by atoms with E-state index in [-0.39, 0.29) is 5.91 Å². The van der Waals surface area contributed by atoms with Crippen LogP contribution in [0.3, 0.4) is 0 Å². The predicted molar refractivity (Wildman–Crippen MR) is 67.6 cm³/mol. The second-order valence-corrected chi connectivity index (χ2v) is 4.76. The predicted octanol–water partition coefficient (Wildman–Crippen LogP) is 0.283. The van der Waals surface area contributed by atoms with Gasteiger partial charge in [0, 0.05) is 12.1 Å². The minimum absolute atomic E-state index is 0.127. The molecule has 96 valence electrons. The summed E-state index contributed by atoms with van der Waals surface area (Å²) in [7, 11) is 0. The van der Waals surface area contributed by atoms with Crippen molar-refractivity contribution in [3.63, 3.8) is 0 Å². The van der Waals surface area contributed by atoms with Crippen molar-refractivity contribution in [2.45, 2.75) is 31.3 Å². The molecule has 0 unspecified atom stereocenters. The van der Waals surface area contributed by atoms with Gasteiger partial charge in [-0.05, 0) is 37.0 Å². The normalized spacial score (nSPS) is 16.7.